The molecule has 0 unspecified atom stereocenters. The van der Waals surface area contributed by atoms with Gasteiger partial charge in [0, 0.05) is 11.0 Å². The number of halogens is 1. The molecule has 0 fully saturated rings. The maximum absolute atomic E-state index is 5.55. The Labute approximate surface area is 100 Å². The number of nitrogens with one attached hydrogen (secondary N) is 1. The molecule has 3 heteroatoms. The molecule has 15 heavy (non-hydrogen) atoms. The van der Waals surface area contributed by atoms with E-state index in [4.69, 9.17) is 4.74 Å². The van der Waals surface area contributed by atoms with E-state index in [0.717, 1.165) is 24.2 Å². The van der Waals surface area contributed by atoms with Gasteiger partial charge in [-0.2, -0.15) is 0 Å². The number of hydrogen-bond acceptors (Lipinski definition) is 2. The van der Waals surface area contributed by atoms with Crippen LogP contribution < -0.4 is 5.32 Å². The van der Waals surface area contributed by atoms with Gasteiger partial charge in [-0.3, -0.25) is 0 Å². The second kappa shape index (κ2) is 7.85. The van der Waals surface area contributed by atoms with Crippen molar-refractivity contribution in [3.8, 4) is 0 Å². The SMILES string of the molecule is CCCNCCOCc1ccccc1Br. The number of rotatable bonds is 7. The van der Waals surface area contributed by atoms with Crippen molar-refractivity contribution in [3.05, 3.63) is 34.3 Å². The maximum atomic E-state index is 5.55. The molecule has 0 heterocycles. The zero-order valence-electron chi connectivity index (χ0n) is 9.13. The molecule has 0 saturated carbocycles. The summed E-state index contributed by atoms with van der Waals surface area (Å²) < 4.78 is 6.67. The van der Waals surface area contributed by atoms with E-state index in [0.29, 0.717) is 6.61 Å². The lowest BCUT2D eigenvalue weighted by Crippen LogP contribution is -2.20. The van der Waals surface area contributed by atoms with E-state index in [9.17, 15) is 0 Å². The highest BCUT2D eigenvalue weighted by Gasteiger charge is 1.97. The Morgan fingerprint density at radius 2 is 2.07 bits per heavy atom. The zero-order valence-corrected chi connectivity index (χ0v) is 10.7. The van der Waals surface area contributed by atoms with E-state index in [1.165, 1.54) is 12.0 Å². The third-order valence-electron chi connectivity index (χ3n) is 2.07. The molecule has 1 aromatic rings. The average Bonchev–Trinajstić information content (AvgIpc) is 2.25. The fraction of sp³-hybridized carbons (Fsp3) is 0.500. The number of benzene rings is 1. The largest absolute Gasteiger partial charge is 0.375 e. The third kappa shape index (κ3) is 5.30. The zero-order chi connectivity index (χ0) is 10.9. The van der Waals surface area contributed by atoms with E-state index in [1.54, 1.807) is 0 Å². The Balaban J connectivity index is 2.12. The molecule has 0 spiro atoms. The van der Waals surface area contributed by atoms with Gasteiger partial charge in [-0.1, -0.05) is 41.1 Å². The second-order valence-electron chi connectivity index (χ2n) is 3.39. The lowest BCUT2D eigenvalue weighted by atomic mass is 10.2. The summed E-state index contributed by atoms with van der Waals surface area (Å²) in [5.41, 5.74) is 1.20. The Bertz CT molecular complexity index is 278. The Hall–Kier alpha value is -0.380. The van der Waals surface area contributed by atoms with Crippen molar-refractivity contribution in [3.63, 3.8) is 0 Å². The standard InChI is InChI=1S/C12H18BrNO/c1-2-7-14-8-9-15-10-11-5-3-4-6-12(11)13/h3-6,14H,2,7-10H2,1H3. The van der Waals surface area contributed by atoms with Gasteiger partial charge in [0.25, 0.3) is 0 Å². The summed E-state index contributed by atoms with van der Waals surface area (Å²) in [6.45, 7) is 5.60. The molecule has 0 saturated heterocycles. The summed E-state index contributed by atoms with van der Waals surface area (Å²) in [7, 11) is 0. The van der Waals surface area contributed by atoms with Gasteiger partial charge in [-0.15, -0.1) is 0 Å². The average molecular weight is 272 g/mol. The molecule has 2 nitrogen and oxygen atoms in total. The summed E-state index contributed by atoms with van der Waals surface area (Å²) in [4.78, 5) is 0. The molecular weight excluding hydrogens is 254 g/mol. The molecule has 84 valence electrons. The number of ether oxygens (including phenoxy) is 1. The van der Waals surface area contributed by atoms with Gasteiger partial charge in [0.2, 0.25) is 0 Å². The highest BCUT2D eigenvalue weighted by Crippen LogP contribution is 2.16. The van der Waals surface area contributed by atoms with Crippen molar-refractivity contribution in [2.45, 2.75) is 20.0 Å². The molecule has 0 atom stereocenters. The van der Waals surface area contributed by atoms with Crippen LogP contribution in [0.15, 0.2) is 28.7 Å². The summed E-state index contributed by atoms with van der Waals surface area (Å²) in [6, 6.07) is 8.15. The van der Waals surface area contributed by atoms with Crippen LogP contribution in [0.4, 0.5) is 0 Å². The van der Waals surface area contributed by atoms with E-state index in [2.05, 4.69) is 34.2 Å². The van der Waals surface area contributed by atoms with Crippen molar-refractivity contribution in [2.24, 2.45) is 0 Å². The van der Waals surface area contributed by atoms with Gasteiger partial charge in [0.05, 0.1) is 13.2 Å². The molecule has 0 aliphatic rings. The van der Waals surface area contributed by atoms with Crippen LogP contribution >= 0.6 is 15.9 Å². The fourth-order valence-electron chi connectivity index (χ4n) is 1.24. The van der Waals surface area contributed by atoms with Gasteiger partial charge >= 0.3 is 0 Å². The third-order valence-corrected chi connectivity index (χ3v) is 2.84. The maximum Gasteiger partial charge on any atom is 0.0728 e. The first-order chi connectivity index (χ1) is 7.34. The van der Waals surface area contributed by atoms with Crippen LogP contribution in [0.3, 0.4) is 0 Å². The first kappa shape index (κ1) is 12.7. The Morgan fingerprint density at radius 3 is 2.80 bits per heavy atom. The first-order valence-electron chi connectivity index (χ1n) is 5.36. The monoisotopic (exact) mass is 271 g/mol. The van der Waals surface area contributed by atoms with E-state index in [-0.39, 0.29) is 0 Å². The van der Waals surface area contributed by atoms with E-state index in [1.807, 2.05) is 18.2 Å². The van der Waals surface area contributed by atoms with Crippen molar-refractivity contribution >= 4 is 15.9 Å². The van der Waals surface area contributed by atoms with Crippen LogP contribution in [0.2, 0.25) is 0 Å². The minimum absolute atomic E-state index is 0.676. The van der Waals surface area contributed by atoms with Crippen LogP contribution in [-0.4, -0.2) is 19.7 Å². The normalized spacial score (nSPS) is 10.5. The molecular formula is C12H18BrNO. The summed E-state index contributed by atoms with van der Waals surface area (Å²) in [5.74, 6) is 0. The molecule has 0 aliphatic carbocycles. The highest BCUT2D eigenvalue weighted by molar-refractivity contribution is 9.10. The number of hydrogen-bond donors (Lipinski definition) is 1. The summed E-state index contributed by atoms with van der Waals surface area (Å²) >= 11 is 3.49. The van der Waals surface area contributed by atoms with E-state index < -0.39 is 0 Å². The van der Waals surface area contributed by atoms with E-state index >= 15 is 0 Å². The van der Waals surface area contributed by atoms with Crippen LogP contribution in [0.25, 0.3) is 0 Å². The minimum Gasteiger partial charge on any atom is -0.375 e. The fourth-order valence-corrected chi connectivity index (χ4v) is 1.64. The molecule has 1 N–H and O–H groups in total. The molecule has 0 radical (unpaired) electrons. The molecule has 0 aromatic heterocycles. The highest BCUT2D eigenvalue weighted by atomic mass is 79.9. The van der Waals surface area contributed by atoms with Gasteiger partial charge in [-0.25, -0.2) is 0 Å². The smallest absolute Gasteiger partial charge is 0.0728 e. The van der Waals surface area contributed by atoms with Gasteiger partial charge in [0.1, 0.15) is 0 Å². The molecule has 0 aliphatic heterocycles. The molecule has 0 amide bonds. The van der Waals surface area contributed by atoms with Crippen molar-refractivity contribution < 1.29 is 4.74 Å². The van der Waals surface area contributed by atoms with Gasteiger partial charge < -0.3 is 10.1 Å². The Morgan fingerprint density at radius 1 is 1.27 bits per heavy atom. The van der Waals surface area contributed by atoms with Crippen molar-refractivity contribution in [2.75, 3.05) is 19.7 Å². The summed E-state index contributed by atoms with van der Waals surface area (Å²) in [6.07, 6.45) is 1.17. The van der Waals surface area contributed by atoms with Gasteiger partial charge in [0.15, 0.2) is 0 Å². The van der Waals surface area contributed by atoms with Gasteiger partial charge in [-0.05, 0) is 24.6 Å². The molecule has 1 rings (SSSR count). The topological polar surface area (TPSA) is 21.3 Å². The minimum atomic E-state index is 0.676. The first-order valence-corrected chi connectivity index (χ1v) is 6.15. The van der Waals surface area contributed by atoms with Crippen LogP contribution in [0.5, 0.6) is 0 Å². The van der Waals surface area contributed by atoms with Crippen LogP contribution in [0.1, 0.15) is 18.9 Å². The summed E-state index contributed by atoms with van der Waals surface area (Å²) in [5, 5.41) is 3.30. The van der Waals surface area contributed by atoms with Crippen LogP contribution in [-0.2, 0) is 11.3 Å². The predicted octanol–water partition coefficient (Wildman–Crippen LogP) is 2.97. The molecule has 0 bridgehead atoms. The molecule has 1 aromatic carbocycles. The van der Waals surface area contributed by atoms with Crippen molar-refractivity contribution in [1.29, 1.82) is 0 Å². The van der Waals surface area contributed by atoms with Crippen LogP contribution in [0, 0.1) is 0 Å². The Kier molecular flexibility index (Phi) is 6.64. The lowest BCUT2D eigenvalue weighted by molar-refractivity contribution is 0.122. The quantitative estimate of drug-likeness (QED) is 0.770. The van der Waals surface area contributed by atoms with Crippen molar-refractivity contribution in [1.82, 2.24) is 5.32 Å². The predicted molar refractivity (Wildman–Crippen MR) is 67.0 cm³/mol. The lowest BCUT2D eigenvalue weighted by Gasteiger charge is -2.06. The second-order valence-corrected chi connectivity index (χ2v) is 4.25.